The number of nitrogens with two attached hydrogens (primary N) is 1. The van der Waals surface area contributed by atoms with E-state index in [4.69, 9.17) is 10.7 Å². The van der Waals surface area contributed by atoms with Crippen LogP contribution in [0.1, 0.15) is 22.7 Å². The van der Waals surface area contributed by atoms with Crippen molar-refractivity contribution >= 4 is 33.4 Å². The van der Waals surface area contributed by atoms with Crippen molar-refractivity contribution in [3.8, 4) is 44.6 Å². The molecule has 2 N–H and O–H groups in total. The quantitative estimate of drug-likeness (QED) is 0.161. The Morgan fingerprint density at radius 2 is 1.07 bits per heavy atom. The smallest absolute Gasteiger partial charge is 0.0701 e. The Morgan fingerprint density at radius 3 is 1.87 bits per heavy atom. The third-order valence-corrected chi connectivity index (χ3v) is 10.2. The highest BCUT2D eigenvalue weighted by molar-refractivity contribution is 5.99. The van der Waals surface area contributed by atoms with E-state index in [1.807, 2.05) is 36.7 Å². The van der Waals surface area contributed by atoms with Crippen LogP contribution in [-0.2, 0) is 0 Å². The minimum atomic E-state index is -0.387. The molecule has 0 fully saturated rings. The average molecular weight is 692 g/mol. The van der Waals surface area contributed by atoms with Gasteiger partial charge in [0.2, 0.25) is 0 Å². The monoisotopic (exact) mass is 691 g/mol. The molecule has 54 heavy (non-hydrogen) atoms. The molecule has 0 bridgehead atoms. The summed E-state index contributed by atoms with van der Waals surface area (Å²) in [5.41, 5.74) is 19.9. The van der Waals surface area contributed by atoms with E-state index in [0.29, 0.717) is 0 Å². The Kier molecular flexibility index (Phi) is 8.90. The first kappa shape index (κ1) is 32.9. The van der Waals surface area contributed by atoms with Gasteiger partial charge in [-0.1, -0.05) is 152 Å². The molecule has 0 spiro atoms. The molecule has 9 aromatic rings. The maximum Gasteiger partial charge on any atom is 0.0701 e. The van der Waals surface area contributed by atoms with Crippen LogP contribution in [0.2, 0.25) is 0 Å². The van der Waals surface area contributed by atoms with Crippen molar-refractivity contribution in [1.29, 1.82) is 0 Å². The summed E-state index contributed by atoms with van der Waals surface area (Å²) in [7, 11) is 0. The fourth-order valence-corrected chi connectivity index (χ4v) is 7.46. The summed E-state index contributed by atoms with van der Waals surface area (Å²) in [4.78, 5) is 9.76. The maximum atomic E-state index is 7.23. The summed E-state index contributed by atoms with van der Waals surface area (Å²) in [6.45, 7) is 0. The molecule has 256 valence electrons. The van der Waals surface area contributed by atoms with E-state index in [9.17, 15) is 0 Å². The fourth-order valence-electron chi connectivity index (χ4n) is 7.46. The van der Waals surface area contributed by atoms with Crippen LogP contribution in [0, 0.1) is 0 Å². The van der Waals surface area contributed by atoms with Gasteiger partial charge in [-0.05, 0) is 114 Å². The molecule has 1 aromatic heterocycles. The molecule has 1 unspecified atom stereocenters. The van der Waals surface area contributed by atoms with Gasteiger partial charge in [0.25, 0.3) is 0 Å². The minimum Gasteiger partial charge on any atom is -0.320 e. The van der Waals surface area contributed by atoms with Crippen LogP contribution in [0.3, 0.4) is 0 Å². The van der Waals surface area contributed by atoms with Gasteiger partial charge in [-0.15, -0.1) is 0 Å². The Labute approximate surface area is 315 Å². The van der Waals surface area contributed by atoms with E-state index in [0.717, 1.165) is 66.8 Å². The molecule has 1 atom stereocenters. The molecule has 0 radical (unpaired) electrons. The van der Waals surface area contributed by atoms with E-state index in [1.54, 1.807) is 0 Å². The van der Waals surface area contributed by atoms with Gasteiger partial charge < -0.3 is 5.73 Å². The van der Waals surface area contributed by atoms with Gasteiger partial charge in [0.15, 0.2) is 0 Å². The molecule has 0 saturated heterocycles. The summed E-state index contributed by atoms with van der Waals surface area (Å²) >= 11 is 0. The average Bonchev–Trinajstić information content (AvgIpc) is 3.25. The molecule has 1 heterocycles. The van der Waals surface area contributed by atoms with Crippen molar-refractivity contribution in [1.82, 2.24) is 4.98 Å². The molecule has 0 amide bonds. The van der Waals surface area contributed by atoms with Gasteiger partial charge in [-0.2, -0.15) is 0 Å². The second-order valence-electron chi connectivity index (χ2n) is 13.6. The Hall–Kier alpha value is -6.94. The van der Waals surface area contributed by atoms with Gasteiger partial charge in [0.05, 0.1) is 17.4 Å². The Morgan fingerprint density at radius 1 is 0.444 bits per heavy atom. The highest BCUT2D eigenvalue weighted by Gasteiger charge is 2.17. The van der Waals surface area contributed by atoms with E-state index in [2.05, 4.69) is 175 Å². The number of aliphatic imine (C=N–C) groups is 1. The number of hydrogen-bond donors (Lipinski definition) is 1. The summed E-state index contributed by atoms with van der Waals surface area (Å²) in [5, 5.41) is 4.74. The molecule has 0 aliphatic rings. The number of aromatic nitrogens is 1. The number of benzene rings is 8. The largest absolute Gasteiger partial charge is 0.320 e. The summed E-state index contributed by atoms with van der Waals surface area (Å²) in [6, 6.07) is 67.7. The van der Waals surface area contributed by atoms with Crippen LogP contribution >= 0.6 is 0 Å². The van der Waals surface area contributed by atoms with Crippen LogP contribution in [0.15, 0.2) is 205 Å². The third-order valence-electron chi connectivity index (χ3n) is 10.2. The SMILES string of the molecule is NC(c1cc(-c2ccccc2)ccc1/N=C/c1cc(-c2ccc(-c3ccccn3)cc2)cc(-c2cccc3ccccc23)c1)c1cccc2ccccc12. The van der Waals surface area contributed by atoms with Gasteiger partial charge in [0, 0.05) is 18.0 Å². The Balaban J connectivity index is 1.17. The van der Waals surface area contributed by atoms with Crippen LogP contribution in [0.4, 0.5) is 5.69 Å². The number of rotatable bonds is 8. The van der Waals surface area contributed by atoms with Crippen molar-refractivity contribution in [3.63, 3.8) is 0 Å². The predicted octanol–water partition coefficient (Wildman–Crippen LogP) is 12.9. The van der Waals surface area contributed by atoms with Crippen molar-refractivity contribution in [2.45, 2.75) is 6.04 Å². The van der Waals surface area contributed by atoms with Crippen LogP contribution in [-0.4, -0.2) is 11.2 Å². The zero-order valence-corrected chi connectivity index (χ0v) is 29.7. The van der Waals surface area contributed by atoms with Crippen LogP contribution < -0.4 is 5.73 Å². The molecule has 3 heteroatoms. The highest BCUT2D eigenvalue weighted by atomic mass is 14.7. The van der Waals surface area contributed by atoms with E-state index in [-0.39, 0.29) is 6.04 Å². The van der Waals surface area contributed by atoms with Crippen LogP contribution in [0.5, 0.6) is 0 Å². The van der Waals surface area contributed by atoms with Gasteiger partial charge in [0.1, 0.15) is 0 Å². The van der Waals surface area contributed by atoms with Crippen LogP contribution in [0.25, 0.3) is 66.2 Å². The Bertz CT molecular complexity index is 2760. The van der Waals surface area contributed by atoms with E-state index >= 15 is 0 Å². The highest BCUT2D eigenvalue weighted by Crippen LogP contribution is 2.37. The molecule has 0 saturated carbocycles. The zero-order valence-electron chi connectivity index (χ0n) is 29.7. The first-order chi connectivity index (χ1) is 26.7. The first-order valence-electron chi connectivity index (χ1n) is 18.3. The minimum absolute atomic E-state index is 0.387. The lowest BCUT2D eigenvalue weighted by atomic mass is 9.91. The van der Waals surface area contributed by atoms with Gasteiger partial charge >= 0.3 is 0 Å². The molecular formula is C51H37N3. The number of pyridine rings is 1. The lowest BCUT2D eigenvalue weighted by Crippen LogP contribution is -2.13. The van der Waals surface area contributed by atoms with Gasteiger partial charge in [-0.3, -0.25) is 9.98 Å². The van der Waals surface area contributed by atoms with Crippen molar-refractivity contribution < 1.29 is 0 Å². The van der Waals surface area contributed by atoms with Crippen molar-refractivity contribution in [3.05, 3.63) is 217 Å². The molecule has 0 aliphatic heterocycles. The lowest BCUT2D eigenvalue weighted by molar-refractivity contribution is 0.881. The van der Waals surface area contributed by atoms with E-state index < -0.39 is 0 Å². The predicted molar refractivity (Wildman–Crippen MR) is 227 cm³/mol. The summed E-state index contributed by atoms with van der Waals surface area (Å²) in [6.07, 6.45) is 3.81. The fraction of sp³-hybridized carbons (Fsp3) is 0.0196. The number of fused-ring (bicyclic) bond motifs is 2. The molecule has 9 rings (SSSR count). The van der Waals surface area contributed by atoms with E-state index in [1.165, 1.54) is 21.7 Å². The van der Waals surface area contributed by atoms with Crippen molar-refractivity contribution in [2.75, 3.05) is 0 Å². The number of nitrogens with zero attached hydrogens (tertiary/aromatic N) is 2. The third kappa shape index (κ3) is 6.61. The summed E-state index contributed by atoms with van der Waals surface area (Å²) in [5.74, 6) is 0. The zero-order chi connectivity index (χ0) is 36.3. The lowest BCUT2D eigenvalue weighted by Gasteiger charge is -2.19. The maximum absolute atomic E-state index is 7.23. The van der Waals surface area contributed by atoms with Crippen molar-refractivity contribution in [2.24, 2.45) is 10.7 Å². The molecule has 8 aromatic carbocycles. The van der Waals surface area contributed by atoms with Gasteiger partial charge in [-0.25, -0.2) is 0 Å². The topological polar surface area (TPSA) is 51.3 Å². The summed E-state index contributed by atoms with van der Waals surface area (Å²) < 4.78 is 0. The molecule has 3 nitrogen and oxygen atoms in total. The second-order valence-corrected chi connectivity index (χ2v) is 13.6. The molecule has 0 aliphatic carbocycles. The first-order valence-corrected chi connectivity index (χ1v) is 18.3. The second kappa shape index (κ2) is 14.6. The number of hydrogen-bond acceptors (Lipinski definition) is 3. The normalized spacial score (nSPS) is 12.0. The molecular weight excluding hydrogens is 655 g/mol. The standard InChI is InChI=1S/C51H37N3/c52-51(47-21-11-17-39-15-5-7-19-45(39)47)48-33-41(36-12-2-1-3-13-36)27-28-50(48)54-34-35-30-42(37-23-25-40(26-24-37)49-22-8-9-29-53-49)32-43(31-35)46-20-10-16-38-14-4-6-18-44(38)46/h1-34,51H,52H2/b54-34+.